The van der Waals surface area contributed by atoms with Crippen molar-refractivity contribution in [1.29, 1.82) is 0 Å². The predicted molar refractivity (Wildman–Crippen MR) is 117 cm³/mol. The molecule has 1 saturated heterocycles. The lowest BCUT2D eigenvalue weighted by Crippen LogP contribution is -2.26. The van der Waals surface area contributed by atoms with E-state index in [4.69, 9.17) is 9.47 Å². The molecule has 0 unspecified atom stereocenters. The van der Waals surface area contributed by atoms with Gasteiger partial charge in [0.15, 0.2) is 16.9 Å². The highest BCUT2D eigenvalue weighted by molar-refractivity contribution is 7.24. The molecule has 2 heterocycles. The molecule has 1 aliphatic rings. The maximum Gasteiger partial charge on any atom is 0.196 e. The van der Waals surface area contributed by atoms with Crippen molar-refractivity contribution in [3.05, 3.63) is 40.6 Å². The van der Waals surface area contributed by atoms with Crippen molar-refractivity contribution in [2.45, 2.75) is 25.3 Å². The van der Waals surface area contributed by atoms with Crippen LogP contribution in [0.3, 0.4) is 0 Å². The van der Waals surface area contributed by atoms with Crippen LogP contribution in [-0.2, 0) is 0 Å². The summed E-state index contributed by atoms with van der Waals surface area (Å²) in [5.41, 5.74) is 1.09. The number of anilines is 1. The van der Waals surface area contributed by atoms with E-state index in [9.17, 15) is 4.79 Å². The van der Waals surface area contributed by atoms with Crippen molar-refractivity contribution in [3.63, 3.8) is 0 Å². The topological polar surface area (TPSA) is 50.8 Å². The molecule has 0 saturated carbocycles. The number of benzene rings is 2. The van der Waals surface area contributed by atoms with Crippen LogP contribution in [0.5, 0.6) is 11.5 Å². The number of hydrogen-bond acceptors (Lipinski definition) is 6. The van der Waals surface area contributed by atoms with Crippen molar-refractivity contribution in [2.24, 2.45) is 0 Å². The Balaban J connectivity index is 1.63. The molecule has 28 heavy (non-hydrogen) atoms. The van der Waals surface area contributed by atoms with Crippen LogP contribution in [-0.4, -0.2) is 45.3 Å². The summed E-state index contributed by atoms with van der Waals surface area (Å²) in [6.07, 6.45) is 3.72. The molecule has 5 nitrogen and oxygen atoms in total. The zero-order valence-corrected chi connectivity index (χ0v) is 17.4. The number of rotatable bonds is 6. The molecule has 1 fully saturated rings. The number of hydrogen-bond donors (Lipinski definition) is 1. The van der Waals surface area contributed by atoms with Gasteiger partial charge in [0.05, 0.1) is 14.2 Å². The summed E-state index contributed by atoms with van der Waals surface area (Å²) in [7, 11) is 5.40. The van der Waals surface area contributed by atoms with Crippen LogP contribution in [0, 0.1) is 0 Å². The van der Waals surface area contributed by atoms with Crippen LogP contribution in [0.4, 0.5) is 5.69 Å². The summed E-state index contributed by atoms with van der Waals surface area (Å²) in [5, 5.41) is 4.93. The Morgan fingerprint density at radius 1 is 1.11 bits per heavy atom. The minimum Gasteiger partial charge on any atom is -0.493 e. The van der Waals surface area contributed by atoms with Crippen molar-refractivity contribution in [2.75, 3.05) is 39.7 Å². The Bertz CT molecular complexity index is 1060. The molecule has 0 aliphatic carbocycles. The summed E-state index contributed by atoms with van der Waals surface area (Å²) in [4.78, 5) is 15.4. The molecule has 0 bridgehead atoms. The van der Waals surface area contributed by atoms with Crippen molar-refractivity contribution in [1.82, 2.24) is 4.90 Å². The van der Waals surface area contributed by atoms with Gasteiger partial charge in [0.1, 0.15) is 0 Å². The monoisotopic (exact) mass is 398 g/mol. The van der Waals surface area contributed by atoms with E-state index in [1.165, 1.54) is 19.4 Å². The fraction of sp³-hybridized carbons (Fsp3) is 0.409. The molecule has 0 amide bonds. The largest absolute Gasteiger partial charge is 0.493 e. The third-order valence-corrected chi connectivity index (χ3v) is 6.77. The first-order valence-corrected chi connectivity index (χ1v) is 10.5. The van der Waals surface area contributed by atoms with Crippen LogP contribution in [0.15, 0.2) is 35.1 Å². The molecular formula is C22H26N2O3S. The van der Waals surface area contributed by atoms with Crippen LogP contribution in [0.2, 0.25) is 0 Å². The Kier molecular flexibility index (Phi) is 5.42. The predicted octanol–water partition coefficient (Wildman–Crippen LogP) is 4.33. The highest BCUT2D eigenvalue weighted by atomic mass is 32.1. The SMILES string of the molecule is COc1cc2sc3cc(NCC[C@@H]4CCCN4C)ccc3c(=O)c2cc1OC. The molecule has 1 aliphatic heterocycles. The van der Waals surface area contributed by atoms with Gasteiger partial charge in [0.2, 0.25) is 0 Å². The highest BCUT2D eigenvalue weighted by Crippen LogP contribution is 2.35. The van der Waals surface area contributed by atoms with Crippen molar-refractivity contribution >= 4 is 37.2 Å². The lowest BCUT2D eigenvalue weighted by atomic mass is 10.1. The second-order valence-corrected chi connectivity index (χ2v) is 8.42. The normalized spacial score (nSPS) is 17.3. The number of methoxy groups -OCH3 is 2. The minimum absolute atomic E-state index is 0.0313. The average molecular weight is 399 g/mol. The summed E-state index contributed by atoms with van der Waals surface area (Å²) in [6, 6.07) is 10.3. The standard InChI is InChI=1S/C22H26N2O3S/c1-24-10-4-5-15(24)8-9-23-14-6-7-16-20(11-14)28-21-13-19(27-3)18(26-2)12-17(21)22(16)25/h6-7,11-13,15,23H,4-5,8-10H2,1-3H3/t15-/m0/s1. The van der Waals surface area contributed by atoms with E-state index in [2.05, 4.69) is 23.3 Å². The van der Waals surface area contributed by atoms with Gasteiger partial charge in [-0.1, -0.05) is 0 Å². The fourth-order valence-corrected chi connectivity index (χ4v) is 5.14. The molecule has 6 heteroatoms. The van der Waals surface area contributed by atoms with Crippen molar-refractivity contribution in [3.8, 4) is 11.5 Å². The van der Waals surface area contributed by atoms with Crippen molar-refractivity contribution < 1.29 is 9.47 Å². The Labute approximate surface area is 168 Å². The summed E-state index contributed by atoms with van der Waals surface area (Å²) < 4.78 is 12.6. The zero-order valence-electron chi connectivity index (χ0n) is 16.6. The fourth-order valence-electron chi connectivity index (χ4n) is 4.02. The summed E-state index contributed by atoms with van der Waals surface area (Å²) in [6.45, 7) is 2.14. The quantitative estimate of drug-likeness (QED) is 0.627. The van der Waals surface area contributed by atoms with Gasteiger partial charge in [0.25, 0.3) is 0 Å². The molecule has 1 N–H and O–H groups in total. The van der Waals surface area contributed by atoms with Gasteiger partial charge in [-0.2, -0.15) is 0 Å². The molecule has 3 aromatic rings. The number of nitrogens with zero attached hydrogens (tertiary/aromatic N) is 1. The van der Waals surface area contributed by atoms with E-state index >= 15 is 0 Å². The Morgan fingerprint density at radius 2 is 1.86 bits per heavy atom. The van der Waals surface area contributed by atoms with E-state index < -0.39 is 0 Å². The van der Waals surface area contributed by atoms with E-state index in [1.807, 2.05) is 18.2 Å². The molecular weight excluding hydrogens is 372 g/mol. The van der Waals surface area contributed by atoms with Crippen LogP contribution in [0.25, 0.3) is 20.2 Å². The van der Waals surface area contributed by atoms with Gasteiger partial charge < -0.3 is 19.7 Å². The van der Waals surface area contributed by atoms with Gasteiger partial charge in [-0.15, -0.1) is 11.3 Å². The lowest BCUT2D eigenvalue weighted by molar-refractivity contribution is 0.301. The number of fused-ring (bicyclic) bond motifs is 2. The average Bonchev–Trinajstić information content (AvgIpc) is 3.12. The molecule has 0 spiro atoms. The second-order valence-electron chi connectivity index (χ2n) is 7.34. The van der Waals surface area contributed by atoms with Gasteiger partial charge in [-0.3, -0.25) is 4.79 Å². The first-order valence-electron chi connectivity index (χ1n) is 9.67. The van der Waals surface area contributed by atoms with Gasteiger partial charge in [0, 0.05) is 44.5 Å². The Hall–Kier alpha value is -2.31. The lowest BCUT2D eigenvalue weighted by Gasteiger charge is -2.19. The van der Waals surface area contributed by atoms with Crippen LogP contribution >= 0.6 is 11.3 Å². The van der Waals surface area contributed by atoms with E-state index in [0.29, 0.717) is 22.9 Å². The van der Waals surface area contributed by atoms with Gasteiger partial charge in [-0.05, 0) is 57.1 Å². The first kappa shape index (κ1) is 19.0. The molecule has 1 aromatic heterocycles. The molecule has 1 atom stereocenters. The van der Waals surface area contributed by atoms with Gasteiger partial charge in [-0.25, -0.2) is 0 Å². The number of nitrogens with one attached hydrogen (secondary N) is 1. The molecule has 4 rings (SSSR count). The number of likely N-dealkylation sites (tertiary alicyclic amines) is 1. The first-order chi connectivity index (χ1) is 13.6. The van der Waals surface area contributed by atoms with E-state index in [-0.39, 0.29) is 5.43 Å². The molecule has 0 radical (unpaired) electrons. The van der Waals surface area contributed by atoms with Crippen LogP contribution < -0.4 is 20.2 Å². The maximum atomic E-state index is 13.0. The third-order valence-electron chi connectivity index (χ3n) is 5.65. The zero-order chi connectivity index (χ0) is 19.7. The summed E-state index contributed by atoms with van der Waals surface area (Å²) in [5.74, 6) is 1.22. The number of ether oxygens (including phenoxy) is 2. The van der Waals surface area contributed by atoms with E-state index in [1.54, 1.807) is 31.6 Å². The second kappa shape index (κ2) is 7.97. The highest BCUT2D eigenvalue weighted by Gasteiger charge is 2.20. The maximum absolute atomic E-state index is 13.0. The molecule has 2 aromatic carbocycles. The smallest absolute Gasteiger partial charge is 0.196 e. The summed E-state index contributed by atoms with van der Waals surface area (Å²) >= 11 is 1.60. The minimum atomic E-state index is 0.0313. The Morgan fingerprint density at radius 3 is 2.57 bits per heavy atom. The molecule has 148 valence electrons. The third kappa shape index (κ3) is 3.54. The van der Waals surface area contributed by atoms with E-state index in [0.717, 1.165) is 33.4 Å². The van der Waals surface area contributed by atoms with Crippen LogP contribution in [0.1, 0.15) is 19.3 Å². The van der Waals surface area contributed by atoms with Gasteiger partial charge >= 0.3 is 0 Å².